The molecule has 2 nitrogen and oxygen atoms in total. The number of benzene rings is 1. The summed E-state index contributed by atoms with van der Waals surface area (Å²) in [7, 11) is 0. The Balaban J connectivity index is 1.80. The van der Waals surface area contributed by atoms with E-state index in [0.29, 0.717) is 12.1 Å². The number of nitrogens with one attached hydrogen (secondary N) is 1. The molecule has 0 bridgehead atoms. The SMILES string of the molecule is CCC1CN(C(C)C2CC2)C(c2ccccc2)CN1. The Labute approximate surface area is 117 Å². The van der Waals surface area contributed by atoms with Crippen molar-refractivity contribution in [3.05, 3.63) is 35.9 Å². The van der Waals surface area contributed by atoms with Crippen LogP contribution in [0.15, 0.2) is 30.3 Å². The number of piperazine rings is 1. The molecular weight excluding hydrogens is 232 g/mol. The van der Waals surface area contributed by atoms with Crippen molar-refractivity contribution in [3.8, 4) is 0 Å². The monoisotopic (exact) mass is 258 g/mol. The fraction of sp³-hybridized carbons (Fsp3) is 0.647. The van der Waals surface area contributed by atoms with Crippen LogP contribution in [0.3, 0.4) is 0 Å². The summed E-state index contributed by atoms with van der Waals surface area (Å²) in [6, 6.07) is 13.0. The second-order valence-electron chi connectivity index (χ2n) is 6.21. The molecule has 0 aromatic heterocycles. The van der Waals surface area contributed by atoms with E-state index < -0.39 is 0 Å². The van der Waals surface area contributed by atoms with E-state index in [-0.39, 0.29) is 0 Å². The van der Waals surface area contributed by atoms with Crippen LogP contribution in [0.2, 0.25) is 0 Å². The molecule has 3 unspecified atom stereocenters. The van der Waals surface area contributed by atoms with E-state index in [2.05, 4.69) is 54.4 Å². The molecule has 1 aliphatic heterocycles. The molecule has 1 heterocycles. The number of nitrogens with zero attached hydrogens (tertiary/aromatic N) is 1. The Morgan fingerprint density at radius 2 is 2.00 bits per heavy atom. The lowest BCUT2D eigenvalue weighted by atomic mass is 9.97. The zero-order valence-electron chi connectivity index (χ0n) is 12.2. The predicted octanol–water partition coefficient (Wildman–Crippen LogP) is 3.21. The van der Waals surface area contributed by atoms with E-state index in [1.807, 2.05) is 0 Å². The second-order valence-corrected chi connectivity index (χ2v) is 6.21. The third kappa shape index (κ3) is 2.85. The maximum absolute atomic E-state index is 3.72. The van der Waals surface area contributed by atoms with Gasteiger partial charge in [0.1, 0.15) is 0 Å². The minimum Gasteiger partial charge on any atom is -0.311 e. The van der Waals surface area contributed by atoms with Crippen LogP contribution in [0.25, 0.3) is 0 Å². The van der Waals surface area contributed by atoms with Crippen molar-refractivity contribution in [2.75, 3.05) is 13.1 Å². The van der Waals surface area contributed by atoms with Crippen molar-refractivity contribution >= 4 is 0 Å². The van der Waals surface area contributed by atoms with Crippen molar-refractivity contribution in [1.29, 1.82) is 0 Å². The maximum atomic E-state index is 3.72. The van der Waals surface area contributed by atoms with Gasteiger partial charge in [0.05, 0.1) is 0 Å². The summed E-state index contributed by atoms with van der Waals surface area (Å²) in [4.78, 5) is 2.76. The van der Waals surface area contributed by atoms with Crippen LogP contribution < -0.4 is 5.32 Å². The van der Waals surface area contributed by atoms with Crippen LogP contribution in [-0.4, -0.2) is 30.1 Å². The standard InChI is InChI=1S/C17H26N2/c1-3-16-12-19(13(2)14-9-10-14)17(11-18-16)15-7-5-4-6-8-15/h4-8,13-14,16-18H,3,9-12H2,1-2H3. The molecule has 2 fully saturated rings. The smallest absolute Gasteiger partial charge is 0.0476 e. The molecule has 2 heteroatoms. The molecule has 1 saturated carbocycles. The highest BCUT2D eigenvalue weighted by atomic mass is 15.3. The third-order valence-corrected chi connectivity index (χ3v) is 4.94. The summed E-state index contributed by atoms with van der Waals surface area (Å²) in [5, 5.41) is 3.72. The first-order valence-electron chi connectivity index (χ1n) is 7.83. The van der Waals surface area contributed by atoms with Crippen LogP contribution in [0.5, 0.6) is 0 Å². The van der Waals surface area contributed by atoms with E-state index in [1.165, 1.54) is 31.4 Å². The van der Waals surface area contributed by atoms with Gasteiger partial charge in [0.15, 0.2) is 0 Å². The highest BCUT2D eigenvalue weighted by Crippen LogP contribution is 2.39. The Bertz CT molecular complexity index is 399. The zero-order valence-corrected chi connectivity index (χ0v) is 12.2. The molecule has 19 heavy (non-hydrogen) atoms. The molecule has 2 aliphatic rings. The quantitative estimate of drug-likeness (QED) is 0.892. The number of rotatable bonds is 4. The fourth-order valence-electron chi connectivity index (χ4n) is 3.40. The van der Waals surface area contributed by atoms with Gasteiger partial charge in [-0.05, 0) is 37.7 Å². The van der Waals surface area contributed by atoms with Gasteiger partial charge < -0.3 is 5.32 Å². The van der Waals surface area contributed by atoms with Gasteiger partial charge >= 0.3 is 0 Å². The molecule has 104 valence electrons. The highest BCUT2D eigenvalue weighted by molar-refractivity contribution is 5.21. The van der Waals surface area contributed by atoms with Gasteiger partial charge in [0.25, 0.3) is 0 Å². The van der Waals surface area contributed by atoms with Crippen molar-refractivity contribution < 1.29 is 0 Å². The average molecular weight is 258 g/mol. The van der Waals surface area contributed by atoms with E-state index in [4.69, 9.17) is 0 Å². The van der Waals surface area contributed by atoms with Gasteiger partial charge in [-0.15, -0.1) is 0 Å². The van der Waals surface area contributed by atoms with Crippen LogP contribution in [0.4, 0.5) is 0 Å². The minimum absolute atomic E-state index is 0.555. The summed E-state index contributed by atoms with van der Waals surface area (Å²) < 4.78 is 0. The zero-order chi connectivity index (χ0) is 13.2. The first-order chi connectivity index (χ1) is 9.29. The van der Waals surface area contributed by atoms with Crippen molar-refractivity contribution in [2.24, 2.45) is 5.92 Å². The predicted molar refractivity (Wildman–Crippen MR) is 80.2 cm³/mol. The molecule has 3 rings (SSSR count). The van der Waals surface area contributed by atoms with Gasteiger partial charge in [-0.3, -0.25) is 4.90 Å². The molecule has 0 spiro atoms. The van der Waals surface area contributed by atoms with Gasteiger partial charge in [-0.2, -0.15) is 0 Å². The first kappa shape index (κ1) is 13.1. The summed E-state index contributed by atoms with van der Waals surface area (Å²) >= 11 is 0. The summed E-state index contributed by atoms with van der Waals surface area (Å²) in [5.41, 5.74) is 1.47. The topological polar surface area (TPSA) is 15.3 Å². The Hall–Kier alpha value is -0.860. The van der Waals surface area contributed by atoms with E-state index in [1.54, 1.807) is 0 Å². The van der Waals surface area contributed by atoms with Crippen LogP contribution in [-0.2, 0) is 0 Å². The lowest BCUT2D eigenvalue weighted by Gasteiger charge is -2.44. The van der Waals surface area contributed by atoms with Crippen molar-refractivity contribution in [3.63, 3.8) is 0 Å². The molecule has 0 radical (unpaired) electrons. The molecule has 1 aromatic rings. The lowest BCUT2D eigenvalue weighted by molar-refractivity contribution is 0.0771. The molecule has 1 N–H and O–H groups in total. The molecular formula is C17H26N2. The van der Waals surface area contributed by atoms with Crippen LogP contribution in [0.1, 0.15) is 44.7 Å². The average Bonchev–Trinajstić information content (AvgIpc) is 3.31. The molecule has 1 aromatic carbocycles. The first-order valence-corrected chi connectivity index (χ1v) is 7.83. The molecule has 1 aliphatic carbocycles. The summed E-state index contributed by atoms with van der Waals surface area (Å²) in [5.74, 6) is 0.946. The largest absolute Gasteiger partial charge is 0.311 e. The minimum atomic E-state index is 0.555. The Morgan fingerprint density at radius 1 is 1.26 bits per heavy atom. The van der Waals surface area contributed by atoms with Crippen LogP contribution in [0, 0.1) is 5.92 Å². The molecule has 1 saturated heterocycles. The second kappa shape index (κ2) is 5.64. The lowest BCUT2D eigenvalue weighted by Crippen LogP contribution is -2.55. The maximum Gasteiger partial charge on any atom is 0.0476 e. The third-order valence-electron chi connectivity index (χ3n) is 4.94. The normalized spacial score (nSPS) is 30.2. The summed E-state index contributed by atoms with van der Waals surface area (Å²) in [6.45, 7) is 7.03. The number of hydrogen-bond donors (Lipinski definition) is 1. The Kier molecular flexibility index (Phi) is 3.90. The van der Waals surface area contributed by atoms with Gasteiger partial charge in [0.2, 0.25) is 0 Å². The van der Waals surface area contributed by atoms with E-state index >= 15 is 0 Å². The van der Waals surface area contributed by atoms with Gasteiger partial charge in [0, 0.05) is 31.2 Å². The van der Waals surface area contributed by atoms with Crippen molar-refractivity contribution in [1.82, 2.24) is 10.2 Å². The van der Waals surface area contributed by atoms with E-state index in [9.17, 15) is 0 Å². The molecule has 3 atom stereocenters. The number of hydrogen-bond acceptors (Lipinski definition) is 2. The molecule has 0 amide bonds. The highest BCUT2D eigenvalue weighted by Gasteiger charge is 2.38. The Morgan fingerprint density at radius 3 is 2.63 bits per heavy atom. The van der Waals surface area contributed by atoms with Crippen LogP contribution >= 0.6 is 0 Å². The van der Waals surface area contributed by atoms with E-state index in [0.717, 1.165) is 18.5 Å². The fourth-order valence-corrected chi connectivity index (χ4v) is 3.40. The van der Waals surface area contributed by atoms with Crippen molar-refractivity contribution in [2.45, 2.75) is 51.2 Å². The summed E-state index contributed by atoms with van der Waals surface area (Å²) in [6.07, 6.45) is 4.10. The van der Waals surface area contributed by atoms with Gasteiger partial charge in [-0.1, -0.05) is 37.3 Å². The van der Waals surface area contributed by atoms with Gasteiger partial charge in [-0.25, -0.2) is 0 Å².